The molecule has 0 radical (unpaired) electrons. The number of hydrogen-bond acceptors (Lipinski definition) is 2. The van der Waals surface area contributed by atoms with E-state index in [0.29, 0.717) is 12.0 Å². The lowest BCUT2D eigenvalue weighted by atomic mass is 9.67. The van der Waals surface area contributed by atoms with E-state index in [1.165, 1.54) is 19.3 Å². The minimum Gasteiger partial charge on any atom is -0.396 e. The fourth-order valence-corrected chi connectivity index (χ4v) is 2.51. The van der Waals surface area contributed by atoms with Gasteiger partial charge in [-0.15, -0.1) is 0 Å². The van der Waals surface area contributed by atoms with Crippen LogP contribution in [0, 0.1) is 10.8 Å². The fourth-order valence-electron chi connectivity index (χ4n) is 2.51. The summed E-state index contributed by atoms with van der Waals surface area (Å²) in [5, 5.41) is 15.0. The highest BCUT2D eigenvalue weighted by Crippen LogP contribution is 2.42. The minimum absolute atomic E-state index is 0.0453. The minimum atomic E-state index is -0.0541. The Morgan fingerprint density at radius 3 is 2.47 bits per heavy atom. The number of rotatable bonds is 8. The predicted octanol–water partition coefficient (Wildman–Crippen LogP) is 2.66. The van der Waals surface area contributed by atoms with E-state index >= 15 is 0 Å². The molecule has 4 heteroatoms. The molecule has 0 aromatic rings. The van der Waals surface area contributed by atoms with Gasteiger partial charge in [0.2, 0.25) is 0 Å². The Kier molecular flexibility index (Phi) is 6.11. The third kappa shape index (κ3) is 5.39. The molecule has 0 unspecified atom stereocenters. The van der Waals surface area contributed by atoms with Gasteiger partial charge in [-0.3, -0.25) is 0 Å². The molecule has 112 valence electrons. The summed E-state index contributed by atoms with van der Waals surface area (Å²) in [7, 11) is 0. The molecular weight excluding hydrogens is 240 g/mol. The van der Waals surface area contributed by atoms with Crippen molar-refractivity contribution in [1.82, 2.24) is 10.6 Å². The molecule has 0 aromatic heterocycles. The maximum atomic E-state index is 11.7. The second-order valence-electron chi connectivity index (χ2n) is 6.74. The molecule has 1 saturated carbocycles. The topological polar surface area (TPSA) is 61.4 Å². The largest absolute Gasteiger partial charge is 0.396 e. The number of urea groups is 1. The van der Waals surface area contributed by atoms with Crippen molar-refractivity contribution in [2.75, 3.05) is 19.7 Å². The van der Waals surface area contributed by atoms with Gasteiger partial charge in [0.05, 0.1) is 0 Å². The van der Waals surface area contributed by atoms with Crippen LogP contribution in [0.4, 0.5) is 4.79 Å². The van der Waals surface area contributed by atoms with Gasteiger partial charge in [0, 0.05) is 19.7 Å². The van der Waals surface area contributed by atoms with Crippen LogP contribution in [0.2, 0.25) is 0 Å². The SMILES string of the molecule is CCC1(CNC(=O)NCCCC(C)(C)CO)CCC1. The highest BCUT2D eigenvalue weighted by molar-refractivity contribution is 5.73. The second-order valence-corrected chi connectivity index (χ2v) is 6.74. The van der Waals surface area contributed by atoms with E-state index in [1.54, 1.807) is 0 Å². The van der Waals surface area contributed by atoms with E-state index < -0.39 is 0 Å². The average molecular weight is 270 g/mol. The van der Waals surface area contributed by atoms with Gasteiger partial charge >= 0.3 is 6.03 Å². The van der Waals surface area contributed by atoms with E-state index in [-0.39, 0.29) is 18.1 Å². The first-order valence-corrected chi connectivity index (χ1v) is 7.56. The molecule has 2 amide bonds. The van der Waals surface area contributed by atoms with E-state index in [0.717, 1.165) is 25.8 Å². The van der Waals surface area contributed by atoms with Crippen molar-refractivity contribution in [2.45, 2.75) is 59.3 Å². The van der Waals surface area contributed by atoms with E-state index in [4.69, 9.17) is 5.11 Å². The van der Waals surface area contributed by atoms with Crippen molar-refractivity contribution in [2.24, 2.45) is 10.8 Å². The Hall–Kier alpha value is -0.770. The number of carbonyl (C=O) groups excluding carboxylic acids is 1. The maximum Gasteiger partial charge on any atom is 0.314 e. The summed E-state index contributed by atoms with van der Waals surface area (Å²) in [4.78, 5) is 11.7. The van der Waals surface area contributed by atoms with E-state index in [9.17, 15) is 4.79 Å². The van der Waals surface area contributed by atoms with Crippen LogP contribution >= 0.6 is 0 Å². The van der Waals surface area contributed by atoms with Gasteiger partial charge in [0.1, 0.15) is 0 Å². The van der Waals surface area contributed by atoms with Gasteiger partial charge in [-0.2, -0.15) is 0 Å². The van der Waals surface area contributed by atoms with Crippen molar-refractivity contribution in [3.8, 4) is 0 Å². The molecule has 0 spiro atoms. The van der Waals surface area contributed by atoms with Crippen LogP contribution in [0.3, 0.4) is 0 Å². The zero-order valence-corrected chi connectivity index (χ0v) is 12.7. The number of amides is 2. The lowest BCUT2D eigenvalue weighted by Crippen LogP contribution is -2.45. The molecule has 4 nitrogen and oxygen atoms in total. The molecule has 1 fully saturated rings. The number of hydrogen-bond donors (Lipinski definition) is 3. The molecule has 19 heavy (non-hydrogen) atoms. The quantitative estimate of drug-likeness (QED) is 0.594. The van der Waals surface area contributed by atoms with Crippen LogP contribution in [0.25, 0.3) is 0 Å². The summed E-state index contributed by atoms with van der Waals surface area (Å²) in [6, 6.07) is -0.0541. The number of aliphatic hydroxyl groups excluding tert-OH is 1. The van der Waals surface area contributed by atoms with Crippen molar-refractivity contribution in [1.29, 1.82) is 0 Å². The maximum absolute atomic E-state index is 11.7. The third-order valence-corrected chi connectivity index (χ3v) is 4.53. The Morgan fingerprint density at radius 1 is 1.32 bits per heavy atom. The summed E-state index contributed by atoms with van der Waals surface area (Å²) in [6.07, 6.45) is 6.76. The van der Waals surface area contributed by atoms with Crippen LogP contribution in [0.15, 0.2) is 0 Å². The summed E-state index contributed by atoms with van der Waals surface area (Å²) in [5.41, 5.74) is 0.326. The van der Waals surface area contributed by atoms with Gasteiger partial charge in [-0.1, -0.05) is 27.2 Å². The second kappa shape index (κ2) is 7.13. The lowest BCUT2D eigenvalue weighted by Gasteiger charge is -2.41. The number of aliphatic hydroxyl groups is 1. The molecule has 0 heterocycles. The molecule has 1 aliphatic carbocycles. The standard InChI is InChI=1S/C15H30N2O2/c1-4-15(8-5-9-15)11-17-13(19)16-10-6-7-14(2,3)12-18/h18H,4-12H2,1-3H3,(H2,16,17,19). The molecule has 1 aliphatic rings. The Labute approximate surface area is 117 Å². The average Bonchev–Trinajstić information content (AvgIpc) is 2.34. The Balaban J connectivity index is 2.08. The normalized spacial score (nSPS) is 17.7. The summed E-state index contributed by atoms with van der Waals surface area (Å²) < 4.78 is 0. The summed E-state index contributed by atoms with van der Waals surface area (Å²) in [5.74, 6) is 0. The van der Waals surface area contributed by atoms with Crippen molar-refractivity contribution < 1.29 is 9.90 Å². The van der Waals surface area contributed by atoms with Gasteiger partial charge < -0.3 is 15.7 Å². The van der Waals surface area contributed by atoms with Crippen LogP contribution in [-0.4, -0.2) is 30.8 Å². The molecule has 1 rings (SSSR count). The zero-order chi connectivity index (χ0) is 14.4. The summed E-state index contributed by atoms with van der Waals surface area (Å²) in [6.45, 7) is 7.95. The molecule has 3 N–H and O–H groups in total. The van der Waals surface area contributed by atoms with Gasteiger partial charge in [0.15, 0.2) is 0 Å². The van der Waals surface area contributed by atoms with Crippen molar-refractivity contribution >= 4 is 6.03 Å². The first kappa shape index (κ1) is 16.3. The molecular formula is C15H30N2O2. The fraction of sp³-hybridized carbons (Fsp3) is 0.933. The van der Waals surface area contributed by atoms with Crippen LogP contribution in [-0.2, 0) is 0 Å². The van der Waals surface area contributed by atoms with E-state index in [1.807, 2.05) is 13.8 Å². The van der Waals surface area contributed by atoms with Crippen molar-refractivity contribution in [3.63, 3.8) is 0 Å². The zero-order valence-electron chi connectivity index (χ0n) is 12.7. The lowest BCUT2D eigenvalue weighted by molar-refractivity contribution is 0.126. The molecule has 0 atom stereocenters. The molecule has 0 saturated heterocycles. The van der Waals surface area contributed by atoms with Crippen LogP contribution in [0.1, 0.15) is 59.3 Å². The number of nitrogens with one attached hydrogen (secondary N) is 2. The Bertz CT molecular complexity index is 280. The van der Waals surface area contributed by atoms with Crippen molar-refractivity contribution in [3.05, 3.63) is 0 Å². The first-order valence-electron chi connectivity index (χ1n) is 7.56. The Morgan fingerprint density at radius 2 is 2.00 bits per heavy atom. The molecule has 0 bridgehead atoms. The smallest absolute Gasteiger partial charge is 0.314 e. The van der Waals surface area contributed by atoms with Crippen LogP contribution < -0.4 is 10.6 Å². The highest BCUT2D eigenvalue weighted by Gasteiger charge is 2.35. The van der Waals surface area contributed by atoms with E-state index in [2.05, 4.69) is 17.6 Å². The molecule has 0 aromatic carbocycles. The molecule has 0 aliphatic heterocycles. The van der Waals surface area contributed by atoms with Crippen LogP contribution in [0.5, 0.6) is 0 Å². The highest BCUT2D eigenvalue weighted by atomic mass is 16.3. The summed E-state index contributed by atoms with van der Waals surface area (Å²) >= 11 is 0. The third-order valence-electron chi connectivity index (χ3n) is 4.53. The number of carbonyl (C=O) groups is 1. The predicted molar refractivity (Wildman–Crippen MR) is 78.1 cm³/mol. The first-order chi connectivity index (χ1) is 8.93. The van der Waals surface area contributed by atoms with Gasteiger partial charge in [0.25, 0.3) is 0 Å². The van der Waals surface area contributed by atoms with Gasteiger partial charge in [-0.05, 0) is 42.9 Å². The van der Waals surface area contributed by atoms with Gasteiger partial charge in [-0.25, -0.2) is 4.79 Å². The monoisotopic (exact) mass is 270 g/mol.